The summed E-state index contributed by atoms with van der Waals surface area (Å²) in [5.74, 6) is -1.54. The van der Waals surface area contributed by atoms with Gasteiger partial charge in [-0.2, -0.15) is 9.42 Å². The summed E-state index contributed by atoms with van der Waals surface area (Å²) in [6, 6.07) is 0. The number of esters is 2. The van der Waals surface area contributed by atoms with Crippen molar-refractivity contribution in [2.24, 2.45) is 10.8 Å². The number of aromatic nitrogens is 1. The van der Waals surface area contributed by atoms with Crippen molar-refractivity contribution in [3.8, 4) is 0 Å². The van der Waals surface area contributed by atoms with Crippen molar-refractivity contribution in [3.05, 3.63) is 16.6 Å². The highest BCUT2D eigenvalue weighted by Crippen LogP contribution is 2.63. The first-order valence-electron chi connectivity index (χ1n) is 9.90. The molecular formula is C19H30N2O9PS+. The van der Waals surface area contributed by atoms with E-state index < -0.39 is 49.7 Å². The lowest BCUT2D eigenvalue weighted by Crippen LogP contribution is -2.50. The van der Waals surface area contributed by atoms with Gasteiger partial charge in [-0.15, -0.1) is 20.4 Å². The summed E-state index contributed by atoms with van der Waals surface area (Å²) in [7, 11) is -3.89. The minimum absolute atomic E-state index is 0.0259. The molecule has 1 saturated heterocycles. The lowest BCUT2D eigenvalue weighted by molar-refractivity contribution is -0.165. The summed E-state index contributed by atoms with van der Waals surface area (Å²) in [5.41, 5.74) is 0.112. The third-order valence-corrected chi connectivity index (χ3v) is 6.41. The van der Waals surface area contributed by atoms with Crippen molar-refractivity contribution >= 4 is 37.4 Å². The van der Waals surface area contributed by atoms with Crippen LogP contribution >= 0.6 is 19.5 Å². The van der Waals surface area contributed by atoms with E-state index in [1.54, 1.807) is 46.3 Å². The van der Waals surface area contributed by atoms with Gasteiger partial charge in [0.2, 0.25) is 6.79 Å². The quantitative estimate of drug-likeness (QED) is 0.299. The topological polar surface area (TPSA) is 143 Å². The predicted molar refractivity (Wildman–Crippen MR) is 115 cm³/mol. The van der Waals surface area contributed by atoms with E-state index in [-0.39, 0.29) is 26.2 Å². The van der Waals surface area contributed by atoms with Gasteiger partial charge in [-0.05, 0) is 20.8 Å². The SMILES string of the molecule is CC(C)(C)C(=O)OCO[P+]1(O)OCC(C)(C)[C@H](C(=O)NCCC(=O)OCc2cncs2)O1. The number of carbonyl (C=O) groups is 3. The molecule has 1 aromatic rings. The van der Waals surface area contributed by atoms with Gasteiger partial charge in [0, 0.05) is 18.2 Å². The average Bonchev–Trinajstić information content (AvgIpc) is 3.21. The van der Waals surface area contributed by atoms with Crippen LogP contribution in [0.4, 0.5) is 0 Å². The fraction of sp³-hybridized carbons (Fsp3) is 0.684. The zero-order valence-corrected chi connectivity index (χ0v) is 20.5. The zero-order chi connectivity index (χ0) is 24.0. The number of nitrogens with zero attached hydrogens (tertiary/aromatic N) is 1. The molecule has 1 aromatic heterocycles. The molecule has 1 unspecified atom stereocenters. The Bertz CT molecular complexity index is 797. The Labute approximate surface area is 191 Å². The van der Waals surface area contributed by atoms with Crippen LogP contribution in [0.5, 0.6) is 0 Å². The van der Waals surface area contributed by atoms with Crippen molar-refractivity contribution in [1.29, 1.82) is 0 Å². The summed E-state index contributed by atoms with van der Waals surface area (Å²) in [6.07, 6.45) is 0.467. The Morgan fingerprint density at radius 3 is 2.69 bits per heavy atom. The molecule has 2 heterocycles. The van der Waals surface area contributed by atoms with Crippen molar-refractivity contribution in [1.82, 2.24) is 10.3 Å². The maximum atomic E-state index is 12.7. The Morgan fingerprint density at radius 2 is 2.06 bits per heavy atom. The molecule has 1 amide bonds. The van der Waals surface area contributed by atoms with E-state index in [1.807, 2.05) is 0 Å². The second kappa shape index (κ2) is 11.0. The highest BCUT2D eigenvalue weighted by atomic mass is 32.1. The minimum Gasteiger partial charge on any atom is -0.460 e. The molecule has 1 fully saturated rings. The predicted octanol–water partition coefficient (Wildman–Crippen LogP) is 2.37. The van der Waals surface area contributed by atoms with Crippen LogP contribution in [0.1, 0.15) is 45.9 Å². The summed E-state index contributed by atoms with van der Waals surface area (Å²) >= 11 is 1.37. The standard InChI is InChI=1S/C19H29N2O9PS/c1-18(2,3)17(24)27-12-29-31(25)28-10-19(4,5)15(30-31)16(23)21-7-6-14(22)26-9-13-8-20-11-32-13/h8,11,15,25H,6-7,9-10,12H2,1-5H3/p+1/t15-,31?/m0/s1. The van der Waals surface area contributed by atoms with Crippen molar-refractivity contribution in [3.63, 3.8) is 0 Å². The van der Waals surface area contributed by atoms with Gasteiger partial charge in [0.05, 0.1) is 22.2 Å². The van der Waals surface area contributed by atoms with E-state index >= 15 is 0 Å². The number of hydrogen-bond donors (Lipinski definition) is 2. The number of rotatable bonds is 9. The van der Waals surface area contributed by atoms with Crippen LogP contribution in [-0.2, 0) is 44.0 Å². The number of thiazole rings is 1. The number of ether oxygens (including phenoxy) is 2. The van der Waals surface area contributed by atoms with E-state index in [9.17, 15) is 19.3 Å². The molecule has 2 rings (SSSR count). The first-order valence-corrected chi connectivity index (χ1v) is 12.3. The van der Waals surface area contributed by atoms with Gasteiger partial charge in [-0.3, -0.25) is 19.4 Å². The molecule has 2 atom stereocenters. The molecule has 11 nitrogen and oxygen atoms in total. The van der Waals surface area contributed by atoms with E-state index in [4.69, 9.17) is 23.0 Å². The first-order chi connectivity index (χ1) is 14.8. The molecule has 13 heteroatoms. The minimum atomic E-state index is -3.89. The van der Waals surface area contributed by atoms with Crippen molar-refractivity contribution in [2.75, 3.05) is 19.9 Å². The number of carbonyl (C=O) groups excluding carboxylic acids is 3. The molecule has 0 bridgehead atoms. The molecule has 180 valence electrons. The van der Waals surface area contributed by atoms with Crippen molar-refractivity contribution in [2.45, 2.75) is 53.8 Å². The molecule has 0 aromatic carbocycles. The first kappa shape index (κ1) is 26.6. The fourth-order valence-corrected chi connectivity index (χ4v) is 4.41. The Morgan fingerprint density at radius 1 is 1.34 bits per heavy atom. The van der Waals surface area contributed by atoms with Crippen LogP contribution in [0, 0.1) is 10.8 Å². The Balaban J connectivity index is 1.81. The van der Waals surface area contributed by atoms with Crippen LogP contribution in [0.3, 0.4) is 0 Å². The molecule has 0 aliphatic carbocycles. The highest BCUT2D eigenvalue weighted by Gasteiger charge is 2.59. The molecule has 2 N–H and O–H groups in total. The van der Waals surface area contributed by atoms with Crippen LogP contribution in [0.15, 0.2) is 11.7 Å². The van der Waals surface area contributed by atoms with Crippen molar-refractivity contribution < 1.29 is 42.3 Å². The number of hydrogen-bond acceptors (Lipinski definition) is 11. The second-order valence-electron chi connectivity index (χ2n) is 8.81. The maximum Gasteiger partial charge on any atom is 0.576 e. The lowest BCUT2D eigenvalue weighted by Gasteiger charge is -2.36. The fourth-order valence-electron chi connectivity index (χ4n) is 2.38. The van der Waals surface area contributed by atoms with Gasteiger partial charge in [-0.1, -0.05) is 13.8 Å². The third-order valence-electron chi connectivity index (χ3n) is 4.29. The van der Waals surface area contributed by atoms with Gasteiger partial charge in [-0.25, -0.2) is 0 Å². The number of amides is 1. The highest BCUT2D eigenvalue weighted by molar-refractivity contribution is 7.55. The largest absolute Gasteiger partial charge is 0.576 e. The van der Waals surface area contributed by atoms with Crippen LogP contribution in [0.25, 0.3) is 0 Å². The van der Waals surface area contributed by atoms with Crippen LogP contribution < -0.4 is 5.32 Å². The monoisotopic (exact) mass is 493 g/mol. The Hall–Kier alpha value is -1.69. The molecular weight excluding hydrogens is 463 g/mol. The molecule has 1 aliphatic heterocycles. The molecule has 1 aliphatic rings. The van der Waals surface area contributed by atoms with Gasteiger partial charge in [0.25, 0.3) is 5.91 Å². The van der Waals surface area contributed by atoms with Gasteiger partial charge in [0.15, 0.2) is 6.10 Å². The van der Waals surface area contributed by atoms with Gasteiger partial charge in [0.1, 0.15) is 13.2 Å². The molecule has 0 spiro atoms. The normalized spacial score (nSPS) is 22.8. The third kappa shape index (κ3) is 8.02. The molecule has 0 radical (unpaired) electrons. The van der Waals surface area contributed by atoms with E-state index in [0.717, 1.165) is 4.88 Å². The average molecular weight is 493 g/mol. The number of nitrogens with one attached hydrogen (secondary N) is 1. The van der Waals surface area contributed by atoms with E-state index in [0.29, 0.717) is 0 Å². The van der Waals surface area contributed by atoms with Gasteiger partial charge < -0.3 is 14.8 Å². The second-order valence-corrected chi connectivity index (χ2v) is 11.4. The lowest BCUT2D eigenvalue weighted by atomic mass is 9.87. The zero-order valence-electron chi connectivity index (χ0n) is 18.8. The van der Waals surface area contributed by atoms with Crippen LogP contribution in [0.2, 0.25) is 0 Å². The van der Waals surface area contributed by atoms with E-state index in [2.05, 4.69) is 10.3 Å². The molecule has 32 heavy (non-hydrogen) atoms. The van der Waals surface area contributed by atoms with Gasteiger partial charge >= 0.3 is 20.1 Å². The maximum absolute atomic E-state index is 12.7. The smallest absolute Gasteiger partial charge is 0.460 e. The summed E-state index contributed by atoms with van der Waals surface area (Å²) in [5, 5.41) is 2.60. The van der Waals surface area contributed by atoms with E-state index in [1.165, 1.54) is 11.3 Å². The summed E-state index contributed by atoms with van der Waals surface area (Å²) in [6.45, 7) is 8.01. The summed E-state index contributed by atoms with van der Waals surface area (Å²) < 4.78 is 26.0. The summed E-state index contributed by atoms with van der Waals surface area (Å²) in [4.78, 5) is 51.5. The molecule has 0 saturated carbocycles. The Kier molecular flexibility index (Phi) is 9.09. The van der Waals surface area contributed by atoms with Crippen LogP contribution in [-0.4, -0.2) is 53.8 Å².